The standard InChI is InChI=1S/C10H8N2O4/c1-7-5-8(3-2-4-10(13)14)11-6-9(7)12(15)16/h5-6H,4H2,1H3,(H,13,14). The summed E-state index contributed by atoms with van der Waals surface area (Å²) < 4.78 is 0. The maximum atomic E-state index is 10.5. The van der Waals surface area contributed by atoms with Crippen LogP contribution < -0.4 is 0 Å². The summed E-state index contributed by atoms with van der Waals surface area (Å²) in [6.07, 6.45) is 0.831. The average molecular weight is 220 g/mol. The number of pyridine rings is 1. The van der Waals surface area contributed by atoms with E-state index in [9.17, 15) is 14.9 Å². The summed E-state index contributed by atoms with van der Waals surface area (Å²) in [6, 6.07) is 1.45. The molecule has 0 amide bonds. The zero-order valence-electron chi connectivity index (χ0n) is 8.43. The third kappa shape index (κ3) is 3.06. The second-order valence-corrected chi connectivity index (χ2v) is 2.99. The lowest BCUT2D eigenvalue weighted by molar-refractivity contribution is -0.385. The van der Waals surface area contributed by atoms with Gasteiger partial charge in [-0.25, -0.2) is 4.98 Å². The Hall–Kier alpha value is -2.42. The molecule has 0 atom stereocenters. The Morgan fingerprint density at radius 3 is 2.88 bits per heavy atom. The summed E-state index contributed by atoms with van der Waals surface area (Å²) in [5.74, 6) is 3.89. The minimum atomic E-state index is -1.02. The van der Waals surface area contributed by atoms with Crippen LogP contribution in [0.5, 0.6) is 0 Å². The molecule has 1 aromatic rings. The van der Waals surface area contributed by atoms with Gasteiger partial charge in [0.1, 0.15) is 18.3 Å². The molecule has 0 spiro atoms. The molecule has 0 bridgehead atoms. The summed E-state index contributed by atoms with van der Waals surface area (Å²) >= 11 is 0. The number of nitro groups is 1. The number of hydrogen-bond donors (Lipinski definition) is 1. The van der Waals surface area contributed by atoms with Gasteiger partial charge in [0, 0.05) is 5.56 Å². The number of aliphatic carboxylic acids is 1. The summed E-state index contributed by atoms with van der Waals surface area (Å²) in [5, 5.41) is 18.8. The van der Waals surface area contributed by atoms with Crippen molar-refractivity contribution in [3.05, 3.63) is 33.6 Å². The number of carbonyl (C=O) groups is 1. The van der Waals surface area contributed by atoms with Crippen LogP contribution in [0.15, 0.2) is 12.3 Å². The lowest BCUT2D eigenvalue weighted by Gasteiger charge is -1.95. The van der Waals surface area contributed by atoms with Gasteiger partial charge in [0.05, 0.1) is 4.92 Å². The van der Waals surface area contributed by atoms with E-state index in [1.165, 1.54) is 6.07 Å². The van der Waals surface area contributed by atoms with Gasteiger partial charge in [-0.3, -0.25) is 14.9 Å². The molecule has 1 aromatic heterocycles. The monoisotopic (exact) mass is 220 g/mol. The Bertz CT molecular complexity index is 499. The molecule has 6 heteroatoms. The molecule has 0 aliphatic rings. The predicted molar refractivity (Wildman–Crippen MR) is 54.8 cm³/mol. The molecule has 0 radical (unpaired) electrons. The van der Waals surface area contributed by atoms with Crippen molar-refractivity contribution in [2.24, 2.45) is 0 Å². The van der Waals surface area contributed by atoms with Crippen molar-refractivity contribution in [2.45, 2.75) is 13.3 Å². The van der Waals surface area contributed by atoms with Crippen molar-refractivity contribution in [1.29, 1.82) is 0 Å². The highest BCUT2D eigenvalue weighted by atomic mass is 16.6. The van der Waals surface area contributed by atoms with Gasteiger partial charge in [-0.05, 0) is 18.9 Å². The van der Waals surface area contributed by atoms with Gasteiger partial charge in [-0.2, -0.15) is 0 Å². The van der Waals surface area contributed by atoms with E-state index in [1.807, 2.05) is 0 Å². The maximum Gasteiger partial charge on any atom is 0.315 e. The van der Waals surface area contributed by atoms with Gasteiger partial charge < -0.3 is 5.11 Å². The molecule has 1 N–H and O–H groups in total. The minimum absolute atomic E-state index is 0.0798. The number of carboxylic acid groups (broad SMARTS) is 1. The van der Waals surface area contributed by atoms with Gasteiger partial charge in [0.25, 0.3) is 5.69 Å². The number of aromatic nitrogens is 1. The van der Waals surface area contributed by atoms with E-state index in [2.05, 4.69) is 16.8 Å². The molecule has 0 aliphatic heterocycles. The molecular formula is C10H8N2O4. The first kappa shape index (κ1) is 11.7. The van der Waals surface area contributed by atoms with Crippen LogP contribution >= 0.6 is 0 Å². The molecule has 0 aromatic carbocycles. The van der Waals surface area contributed by atoms with E-state index >= 15 is 0 Å². The van der Waals surface area contributed by atoms with E-state index in [4.69, 9.17) is 5.11 Å². The first-order valence-corrected chi connectivity index (χ1v) is 4.32. The topological polar surface area (TPSA) is 93.3 Å². The van der Waals surface area contributed by atoms with Crippen molar-refractivity contribution < 1.29 is 14.8 Å². The van der Waals surface area contributed by atoms with Gasteiger partial charge in [-0.1, -0.05) is 5.92 Å². The number of carboxylic acids is 1. The molecule has 0 unspecified atom stereocenters. The van der Waals surface area contributed by atoms with Gasteiger partial charge in [-0.15, -0.1) is 0 Å². The Morgan fingerprint density at radius 2 is 2.38 bits per heavy atom. The van der Waals surface area contributed by atoms with Crippen molar-refractivity contribution in [3.8, 4) is 11.8 Å². The SMILES string of the molecule is Cc1cc(C#CCC(=O)O)ncc1[N+](=O)[O-]. The Labute approximate surface area is 91.1 Å². The number of nitrogens with zero attached hydrogens (tertiary/aromatic N) is 2. The summed E-state index contributed by atoms with van der Waals surface area (Å²) in [5.41, 5.74) is 0.688. The van der Waals surface area contributed by atoms with E-state index in [1.54, 1.807) is 6.92 Å². The summed E-state index contributed by atoms with van der Waals surface area (Å²) in [4.78, 5) is 23.9. The third-order valence-electron chi connectivity index (χ3n) is 1.74. The second-order valence-electron chi connectivity index (χ2n) is 2.99. The first-order chi connectivity index (χ1) is 7.50. The number of aryl methyl sites for hydroxylation is 1. The third-order valence-corrected chi connectivity index (χ3v) is 1.74. The molecule has 0 fully saturated rings. The van der Waals surface area contributed by atoms with Gasteiger partial charge >= 0.3 is 5.97 Å². The van der Waals surface area contributed by atoms with Crippen molar-refractivity contribution in [1.82, 2.24) is 4.98 Å². The molecule has 0 aliphatic carbocycles. The van der Waals surface area contributed by atoms with Crippen molar-refractivity contribution >= 4 is 11.7 Å². The summed E-state index contributed by atoms with van der Waals surface area (Å²) in [6.45, 7) is 1.57. The number of hydrogen-bond acceptors (Lipinski definition) is 4. The van der Waals surface area contributed by atoms with Crippen LogP contribution in [0.3, 0.4) is 0 Å². The van der Waals surface area contributed by atoms with Crippen LogP contribution in [0.4, 0.5) is 5.69 Å². The molecule has 82 valence electrons. The highest BCUT2D eigenvalue weighted by Gasteiger charge is 2.10. The van der Waals surface area contributed by atoms with Crippen LogP contribution in [0.2, 0.25) is 0 Å². The Kier molecular flexibility index (Phi) is 3.56. The van der Waals surface area contributed by atoms with E-state index < -0.39 is 10.9 Å². The number of rotatable bonds is 2. The van der Waals surface area contributed by atoms with Crippen LogP contribution in [-0.2, 0) is 4.79 Å². The normalized spacial score (nSPS) is 9.06. The van der Waals surface area contributed by atoms with Crippen molar-refractivity contribution in [2.75, 3.05) is 0 Å². The fraction of sp³-hybridized carbons (Fsp3) is 0.200. The molecule has 1 rings (SSSR count). The Balaban J connectivity index is 2.92. The molecule has 0 saturated heterocycles. The molecule has 1 heterocycles. The second kappa shape index (κ2) is 4.89. The molecule has 16 heavy (non-hydrogen) atoms. The quantitative estimate of drug-likeness (QED) is 0.458. The van der Waals surface area contributed by atoms with Gasteiger partial charge in [0.2, 0.25) is 0 Å². The maximum absolute atomic E-state index is 10.5. The van der Waals surface area contributed by atoms with E-state index in [0.29, 0.717) is 11.3 Å². The minimum Gasteiger partial charge on any atom is -0.481 e. The largest absolute Gasteiger partial charge is 0.481 e. The highest BCUT2D eigenvalue weighted by molar-refractivity contribution is 5.70. The smallest absolute Gasteiger partial charge is 0.315 e. The van der Waals surface area contributed by atoms with Crippen LogP contribution in [0.25, 0.3) is 0 Å². The van der Waals surface area contributed by atoms with E-state index in [-0.39, 0.29) is 12.1 Å². The highest BCUT2D eigenvalue weighted by Crippen LogP contribution is 2.15. The first-order valence-electron chi connectivity index (χ1n) is 4.32. The average Bonchev–Trinajstić information content (AvgIpc) is 2.16. The molecule has 6 nitrogen and oxygen atoms in total. The Morgan fingerprint density at radius 1 is 1.69 bits per heavy atom. The summed E-state index contributed by atoms with van der Waals surface area (Å²) in [7, 11) is 0. The fourth-order valence-corrected chi connectivity index (χ4v) is 1.02. The lowest BCUT2D eigenvalue weighted by atomic mass is 10.2. The molecular weight excluding hydrogens is 212 g/mol. The van der Waals surface area contributed by atoms with E-state index in [0.717, 1.165) is 6.20 Å². The predicted octanol–water partition coefficient (Wildman–Crippen LogP) is 1.12. The van der Waals surface area contributed by atoms with Crippen molar-refractivity contribution in [3.63, 3.8) is 0 Å². The van der Waals surface area contributed by atoms with Gasteiger partial charge in [0.15, 0.2) is 0 Å². The lowest BCUT2D eigenvalue weighted by Crippen LogP contribution is -1.95. The zero-order chi connectivity index (χ0) is 12.1. The van der Waals surface area contributed by atoms with Crippen LogP contribution in [0.1, 0.15) is 17.7 Å². The van der Waals surface area contributed by atoms with Crippen LogP contribution in [-0.4, -0.2) is 21.0 Å². The molecule has 0 saturated carbocycles. The van der Waals surface area contributed by atoms with Crippen LogP contribution in [0, 0.1) is 28.9 Å². The zero-order valence-corrected chi connectivity index (χ0v) is 8.43. The fourth-order valence-electron chi connectivity index (χ4n) is 1.02.